The Morgan fingerprint density at radius 2 is 2.44 bits per heavy atom. The highest BCUT2D eigenvalue weighted by atomic mass is 16.5. The van der Waals surface area contributed by atoms with Crippen LogP contribution in [-0.2, 0) is 11.2 Å². The van der Waals surface area contributed by atoms with Gasteiger partial charge >= 0.3 is 0 Å². The Kier molecular flexibility index (Phi) is 5.58. The minimum absolute atomic E-state index is 0.335. The molecule has 0 aliphatic carbocycles. The van der Waals surface area contributed by atoms with Crippen LogP contribution in [0.25, 0.3) is 0 Å². The topological polar surface area (TPSA) is 51.4 Å². The molecule has 1 saturated heterocycles. The van der Waals surface area contributed by atoms with Crippen molar-refractivity contribution in [3.8, 4) is 0 Å². The van der Waals surface area contributed by atoms with Crippen LogP contribution in [0.15, 0.2) is 24.5 Å². The molecule has 1 aromatic heterocycles. The number of aryl methyl sites for hydroxylation is 1. The molecule has 1 aliphatic heterocycles. The SMILES string of the molecule is NCCC1CN(CCCc2cccnc2)CCO1. The summed E-state index contributed by atoms with van der Waals surface area (Å²) in [5.74, 6) is 0. The summed E-state index contributed by atoms with van der Waals surface area (Å²) < 4.78 is 5.68. The molecular weight excluding hydrogens is 226 g/mol. The highest BCUT2D eigenvalue weighted by Gasteiger charge is 2.18. The van der Waals surface area contributed by atoms with Gasteiger partial charge in [-0.3, -0.25) is 9.88 Å². The van der Waals surface area contributed by atoms with E-state index in [1.165, 1.54) is 12.0 Å². The summed E-state index contributed by atoms with van der Waals surface area (Å²) in [6.07, 6.45) is 7.37. The molecule has 1 unspecified atom stereocenters. The van der Waals surface area contributed by atoms with Gasteiger partial charge in [-0.15, -0.1) is 0 Å². The minimum atomic E-state index is 0.335. The number of hydrogen-bond acceptors (Lipinski definition) is 4. The number of nitrogens with two attached hydrogens (primary N) is 1. The van der Waals surface area contributed by atoms with Crippen LogP contribution < -0.4 is 5.73 Å². The van der Waals surface area contributed by atoms with E-state index in [4.69, 9.17) is 10.5 Å². The van der Waals surface area contributed by atoms with Gasteiger partial charge in [0.15, 0.2) is 0 Å². The quantitative estimate of drug-likeness (QED) is 0.819. The fraction of sp³-hybridized carbons (Fsp3) is 0.643. The first-order valence-electron chi connectivity index (χ1n) is 6.81. The molecule has 0 bridgehead atoms. The Morgan fingerprint density at radius 1 is 1.50 bits per heavy atom. The first kappa shape index (κ1) is 13.5. The molecule has 0 amide bonds. The molecule has 1 fully saturated rings. The van der Waals surface area contributed by atoms with Gasteiger partial charge in [0.25, 0.3) is 0 Å². The Labute approximate surface area is 109 Å². The summed E-state index contributed by atoms with van der Waals surface area (Å²) in [4.78, 5) is 6.63. The van der Waals surface area contributed by atoms with E-state index >= 15 is 0 Å². The number of hydrogen-bond donors (Lipinski definition) is 1. The molecule has 0 aromatic carbocycles. The van der Waals surface area contributed by atoms with Crippen LogP contribution in [0, 0.1) is 0 Å². The standard InChI is InChI=1S/C14H23N3O/c15-6-5-14-12-17(9-10-18-14)8-2-4-13-3-1-7-16-11-13/h1,3,7,11,14H,2,4-6,8-10,12,15H2. The number of morpholine rings is 1. The first-order valence-corrected chi connectivity index (χ1v) is 6.81. The van der Waals surface area contributed by atoms with Gasteiger partial charge in [-0.1, -0.05) is 6.07 Å². The van der Waals surface area contributed by atoms with Crippen LogP contribution in [0.3, 0.4) is 0 Å². The summed E-state index contributed by atoms with van der Waals surface area (Å²) in [5.41, 5.74) is 6.90. The van der Waals surface area contributed by atoms with Gasteiger partial charge in [-0.05, 0) is 44.0 Å². The summed E-state index contributed by atoms with van der Waals surface area (Å²) in [6.45, 7) is 4.78. The highest BCUT2D eigenvalue weighted by Crippen LogP contribution is 2.09. The fourth-order valence-corrected chi connectivity index (χ4v) is 2.40. The lowest BCUT2D eigenvalue weighted by Gasteiger charge is -2.32. The molecule has 1 aliphatic rings. The Balaban J connectivity index is 1.67. The van der Waals surface area contributed by atoms with Crippen LogP contribution in [0.2, 0.25) is 0 Å². The van der Waals surface area contributed by atoms with E-state index in [1.807, 2.05) is 18.5 Å². The Bertz CT molecular complexity index is 329. The maximum Gasteiger partial charge on any atom is 0.0714 e. The maximum absolute atomic E-state index is 5.68. The number of aromatic nitrogens is 1. The van der Waals surface area contributed by atoms with Gasteiger partial charge in [-0.25, -0.2) is 0 Å². The van der Waals surface area contributed by atoms with Crippen molar-refractivity contribution >= 4 is 0 Å². The van der Waals surface area contributed by atoms with E-state index in [9.17, 15) is 0 Å². The zero-order valence-electron chi connectivity index (χ0n) is 10.9. The third kappa shape index (κ3) is 4.37. The summed E-state index contributed by atoms with van der Waals surface area (Å²) in [5, 5.41) is 0. The van der Waals surface area contributed by atoms with Crippen molar-refractivity contribution in [1.82, 2.24) is 9.88 Å². The first-order chi connectivity index (χ1) is 8.88. The molecule has 18 heavy (non-hydrogen) atoms. The number of ether oxygens (including phenoxy) is 1. The summed E-state index contributed by atoms with van der Waals surface area (Å²) in [7, 11) is 0. The Hall–Kier alpha value is -0.970. The van der Waals surface area contributed by atoms with E-state index < -0.39 is 0 Å². The van der Waals surface area contributed by atoms with Gasteiger partial charge in [0, 0.05) is 25.5 Å². The highest BCUT2D eigenvalue weighted by molar-refractivity contribution is 5.08. The van der Waals surface area contributed by atoms with Crippen molar-refractivity contribution < 1.29 is 4.74 Å². The van der Waals surface area contributed by atoms with Crippen LogP contribution in [-0.4, -0.2) is 48.8 Å². The van der Waals surface area contributed by atoms with E-state index in [0.717, 1.165) is 39.1 Å². The molecule has 100 valence electrons. The molecule has 4 heteroatoms. The zero-order chi connectivity index (χ0) is 12.6. The van der Waals surface area contributed by atoms with Crippen molar-refractivity contribution in [3.05, 3.63) is 30.1 Å². The molecule has 0 spiro atoms. The van der Waals surface area contributed by atoms with Gasteiger partial charge in [0.2, 0.25) is 0 Å². The van der Waals surface area contributed by atoms with Crippen LogP contribution >= 0.6 is 0 Å². The molecule has 1 aromatic rings. The summed E-state index contributed by atoms with van der Waals surface area (Å²) >= 11 is 0. The fourth-order valence-electron chi connectivity index (χ4n) is 2.40. The number of nitrogens with zero attached hydrogens (tertiary/aromatic N) is 2. The molecule has 2 rings (SSSR count). The maximum atomic E-state index is 5.68. The minimum Gasteiger partial charge on any atom is -0.376 e. The molecular formula is C14H23N3O. The van der Waals surface area contributed by atoms with Crippen LogP contribution in [0.5, 0.6) is 0 Å². The van der Waals surface area contributed by atoms with Crippen molar-refractivity contribution in [2.45, 2.75) is 25.4 Å². The predicted octanol–water partition coefficient (Wildman–Crippen LogP) is 1.06. The van der Waals surface area contributed by atoms with Gasteiger partial charge in [0.1, 0.15) is 0 Å². The smallest absolute Gasteiger partial charge is 0.0714 e. The summed E-state index contributed by atoms with van der Waals surface area (Å²) in [6, 6.07) is 4.14. The van der Waals surface area contributed by atoms with Crippen molar-refractivity contribution in [1.29, 1.82) is 0 Å². The second kappa shape index (κ2) is 7.46. The molecule has 4 nitrogen and oxygen atoms in total. The predicted molar refractivity (Wildman–Crippen MR) is 72.4 cm³/mol. The second-order valence-corrected chi connectivity index (χ2v) is 4.84. The van der Waals surface area contributed by atoms with Crippen molar-refractivity contribution in [2.24, 2.45) is 5.73 Å². The third-order valence-electron chi connectivity index (χ3n) is 3.37. The van der Waals surface area contributed by atoms with E-state index in [2.05, 4.69) is 16.0 Å². The lowest BCUT2D eigenvalue weighted by Crippen LogP contribution is -2.43. The van der Waals surface area contributed by atoms with Crippen LogP contribution in [0.4, 0.5) is 0 Å². The Morgan fingerprint density at radius 3 is 3.22 bits per heavy atom. The average Bonchev–Trinajstić information content (AvgIpc) is 2.41. The lowest BCUT2D eigenvalue weighted by molar-refractivity contribution is -0.0308. The second-order valence-electron chi connectivity index (χ2n) is 4.84. The largest absolute Gasteiger partial charge is 0.376 e. The molecule has 0 saturated carbocycles. The van der Waals surface area contributed by atoms with E-state index in [1.54, 1.807) is 0 Å². The molecule has 1 atom stereocenters. The van der Waals surface area contributed by atoms with Gasteiger partial charge in [0.05, 0.1) is 12.7 Å². The molecule has 2 N–H and O–H groups in total. The number of rotatable bonds is 6. The molecule has 0 radical (unpaired) electrons. The van der Waals surface area contributed by atoms with Gasteiger partial charge < -0.3 is 10.5 Å². The van der Waals surface area contributed by atoms with Crippen molar-refractivity contribution in [3.63, 3.8) is 0 Å². The van der Waals surface area contributed by atoms with E-state index in [-0.39, 0.29) is 0 Å². The van der Waals surface area contributed by atoms with E-state index in [0.29, 0.717) is 12.6 Å². The van der Waals surface area contributed by atoms with Crippen LogP contribution in [0.1, 0.15) is 18.4 Å². The van der Waals surface area contributed by atoms with Gasteiger partial charge in [-0.2, -0.15) is 0 Å². The number of pyridine rings is 1. The lowest BCUT2D eigenvalue weighted by atomic mass is 10.1. The zero-order valence-corrected chi connectivity index (χ0v) is 10.9. The molecule has 2 heterocycles. The monoisotopic (exact) mass is 249 g/mol. The normalized spacial score (nSPS) is 21.1. The third-order valence-corrected chi connectivity index (χ3v) is 3.37. The van der Waals surface area contributed by atoms with Crippen molar-refractivity contribution in [2.75, 3.05) is 32.8 Å². The average molecular weight is 249 g/mol.